The van der Waals surface area contributed by atoms with Crippen LogP contribution in [0.15, 0.2) is 60.0 Å². The van der Waals surface area contributed by atoms with Gasteiger partial charge >= 0.3 is 0 Å². The summed E-state index contributed by atoms with van der Waals surface area (Å²) in [4.78, 5) is 4.32. The molecule has 0 amide bonds. The van der Waals surface area contributed by atoms with E-state index in [1.807, 2.05) is 36.7 Å². The van der Waals surface area contributed by atoms with Crippen LogP contribution < -0.4 is 16.5 Å². The molecule has 0 saturated heterocycles. The normalized spacial score (nSPS) is 11.8. The number of nitrogens with zero attached hydrogens (tertiary/aromatic N) is 4. The number of rotatable bonds is 6. The van der Waals surface area contributed by atoms with Crippen molar-refractivity contribution >= 4 is 5.84 Å². The van der Waals surface area contributed by atoms with E-state index in [0.717, 1.165) is 30.2 Å². The fraction of sp³-hybridized carbons (Fsp3) is 0.375. The van der Waals surface area contributed by atoms with E-state index in [9.17, 15) is 0 Å². The van der Waals surface area contributed by atoms with Crippen molar-refractivity contribution in [3.63, 3.8) is 0 Å². The third kappa shape index (κ3) is 7.53. The van der Waals surface area contributed by atoms with E-state index >= 15 is 0 Å². The lowest BCUT2D eigenvalue weighted by atomic mass is 10.1. The fourth-order valence-corrected chi connectivity index (χ4v) is 2.98. The highest BCUT2D eigenvalue weighted by Crippen LogP contribution is 2.08. The number of hydrazine groups is 2. The molecule has 0 spiro atoms. The molecular formula is C24H35N7. The quantitative estimate of drug-likeness (QED) is 0.554. The van der Waals surface area contributed by atoms with Crippen LogP contribution in [0.25, 0.3) is 0 Å². The van der Waals surface area contributed by atoms with E-state index in [-0.39, 0.29) is 0 Å². The SMILES string of the molecule is CC.CCCCc1ncnn1Cc1ccc(C)cc1.Cc1ccccc1C1=NNNN1. The van der Waals surface area contributed by atoms with Crippen LogP contribution in [0.4, 0.5) is 0 Å². The van der Waals surface area contributed by atoms with Crippen LogP contribution in [0.1, 0.15) is 61.7 Å². The zero-order chi connectivity index (χ0) is 22.5. The van der Waals surface area contributed by atoms with E-state index in [4.69, 9.17) is 0 Å². The van der Waals surface area contributed by atoms with Crippen molar-refractivity contribution in [1.82, 2.24) is 31.3 Å². The molecule has 1 aliphatic heterocycles. The summed E-state index contributed by atoms with van der Waals surface area (Å²) in [5.41, 5.74) is 13.1. The van der Waals surface area contributed by atoms with Gasteiger partial charge in [0.15, 0.2) is 5.84 Å². The Kier molecular flexibility index (Phi) is 10.2. The van der Waals surface area contributed by atoms with Gasteiger partial charge in [0.05, 0.1) is 6.54 Å². The Morgan fingerprint density at radius 1 is 0.968 bits per heavy atom. The van der Waals surface area contributed by atoms with Gasteiger partial charge in [-0.1, -0.05) is 81.3 Å². The standard InChI is InChI=1S/C14H19N3.C8H10N4.C2H6/c1-3-4-5-14-15-11-16-17(14)10-13-8-6-12(2)7-9-13;1-6-4-2-3-5-7(6)8-9-11-12-10-8;1-2/h6-9,11H,3-5,10H2,1-2H3;2-5,11-12H,1H3,(H,9,10);1-2H3. The van der Waals surface area contributed by atoms with Gasteiger partial charge in [-0.15, -0.1) is 10.6 Å². The Balaban J connectivity index is 0.000000214. The number of hydrogen-bond donors (Lipinski definition) is 3. The van der Waals surface area contributed by atoms with Crippen molar-refractivity contribution in [2.75, 3.05) is 0 Å². The number of aryl methyl sites for hydroxylation is 3. The largest absolute Gasteiger partial charge is 0.285 e. The zero-order valence-electron chi connectivity index (χ0n) is 19.3. The molecule has 0 radical (unpaired) electrons. The first-order valence-electron chi connectivity index (χ1n) is 11.0. The van der Waals surface area contributed by atoms with Crippen molar-refractivity contribution in [2.45, 2.75) is 60.4 Å². The van der Waals surface area contributed by atoms with Gasteiger partial charge in [-0.2, -0.15) is 5.10 Å². The second-order valence-electron chi connectivity index (χ2n) is 7.06. The van der Waals surface area contributed by atoms with E-state index < -0.39 is 0 Å². The second-order valence-corrected chi connectivity index (χ2v) is 7.06. The lowest BCUT2D eigenvalue weighted by Gasteiger charge is -2.06. The molecule has 7 nitrogen and oxygen atoms in total. The van der Waals surface area contributed by atoms with E-state index in [1.54, 1.807) is 6.33 Å². The molecule has 166 valence electrons. The lowest BCUT2D eigenvalue weighted by molar-refractivity contribution is 0.577. The highest BCUT2D eigenvalue weighted by atomic mass is 15.8. The fourth-order valence-electron chi connectivity index (χ4n) is 2.98. The second kappa shape index (κ2) is 13.2. The Morgan fingerprint density at radius 2 is 1.71 bits per heavy atom. The molecule has 0 unspecified atom stereocenters. The molecule has 4 rings (SSSR count). The van der Waals surface area contributed by atoms with Gasteiger partial charge in [-0.25, -0.2) is 15.2 Å². The summed E-state index contributed by atoms with van der Waals surface area (Å²) in [6.07, 6.45) is 5.03. The van der Waals surface area contributed by atoms with E-state index in [1.165, 1.54) is 29.5 Å². The lowest BCUT2D eigenvalue weighted by Crippen LogP contribution is -2.35. The number of hydrazone groups is 1. The highest BCUT2D eigenvalue weighted by Gasteiger charge is 2.08. The predicted octanol–water partition coefficient (Wildman–Crippen LogP) is 4.27. The number of hydrogen-bond acceptors (Lipinski definition) is 6. The molecule has 1 aromatic heterocycles. The Morgan fingerprint density at radius 3 is 2.35 bits per heavy atom. The smallest absolute Gasteiger partial charge is 0.170 e. The summed E-state index contributed by atoms with van der Waals surface area (Å²) in [6.45, 7) is 11.2. The highest BCUT2D eigenvalue weighted by molar-refractivity contribution is 6.00. The molecule has 0 atom stereocenters. The van der Waals surface area contributed by atoms with Crippen molar-refractivity contribution in [3.05, 3.63) is 82.9 Å². The molecule has 0 fully saturated rings. The summed E-state index contributed by atoms with van der Waals surface area (Å²) in [6, 6.07) is 16.7. The first kappa shape index (κ1) is 24.1. The van der Waals surface area contributed by atoms with Crippen LogP contribution >= 0.6 is 0 Å². The number of amidine groups is 1. The van der Waals surface area contributed by atoms with Gasteiger partial charge in [0.1, 0.15) is 12.2 Å². The topological polar surface area (TPSA) is 79.2 Å². The molecule has 2 aromatic carbocycles. The summed E-state index contributed by atoms with van der Waals surface area (Å²) >= 11 is 0. The summed E-state index contributed by atoms with van der Waals surface area (Å²) in [7, 11) is 0. The third-order valence-corrected chi connectivity index (χ3v) is 4.71. The van der Waals surface area contributed by atoms with Gasteiger partial charge in [0.25, 0.3) is 0 Å². The maximum atomic E-state index is 4.32. The predicted molar refractivity (Wildman–Crippen MR) is 127 cm³/mol. The van der Waals surface area contributed by atoms with E-state index in [2.05, 4.69) is 82.8 Å². The number of nitrogens with one attached hydrogen (secondary N) is 3. The Bertz CT molecular complexity index is 929. The van der Waals surface area contributed by atoms with Crippen LogP contribution in [0.3, 0.4) is 0 Å². The van der Waals surface area contributed by atoms with Gasteiger partial charge in [0.2, 0.25) is 0 Å². The molecule has 31 heavy (non-hydrogen) atoms. The van der Waals surface area contributed by atoms with Crippen molar-refractivity contribution in [1.29, 1.82) is 0 Å². The molecular weight excluding hydrogens is 386 g/mol. The maximum Gasteiger partial charge on any atom is 0.170 e. The number of unbranched alkanes of at least 4 members (excludes halogenated alkanes) is 1. The van der Waals surface area contributed by atoms with Crippen LogP contribution in [-0.2, 0) is 13.0 Å². The van der Waals surface area contributed by atoms with Crippen LogP contribution in [0.2, 0.25) is 0 Å². The monoisotopic (exact) mass is 421 g/mol. The van der Waals surface area contributed by atoms with E-state index in [0.29, 0.717) is 0 Å². The van der Waals surface area contributed by atoms with Crippen molar-refractivity contribution in [2.24, 2.45) is 5.10 Å². The van der Waals surface area contributed by atoms with Gasteiger partial charge in [0, 0.05) is 12.0 Å². The molecule has 3 aromatic rings. The summed E-state index contributed by atoms with van der Waals surface area (Å²) < 4.78 is 2.00. The van der Waals surface area contributed by atoms with Crippen LogP contribution in [0, 0.1) is 13.8 Å². The maximum absolute atomic E-state index is 4.32. The zero-order valence-corrected chi connectivity index (χ0v) is 19.3. The summed E-state index contributed by atoms with van der Waals surface area (Å²) in [5, 5.41) is 8.30. The number of aromatic nitrogens is 3. The molecule has 0 bridgehead atoms. The molecule has 7 heteroatoms. The van der Waals surface area contributed by atoms with Gasteiger partial charge in [-0.3, -0.25) is 5.43 Å². The van der Waals surface area contributed by atoms with Crippen LogP contribution in [-0.4, -0.2) is 20.6 Å². The minimum atomic E-state index is 0.819. The average Bonchev–Trinajstić information content (AvgIpc) is 3.48. The minimum Gasteiger partial charge on any atom is -0.285 e. The third-order valence-electron chi connectivity index (χ3n) is 4.71. The average molecular weight is 422 g/mol. The number of benzene rings is 2. The first-order valence-corrected chi connectivity index (χ1v) is 11.0. The molecule has 2 heterocycles. The minimum absolute atomic E-state index is 0.819. The van der Waals surface area contributed by atoms with Gasteiger partial charge in [-0.05, 0) is 31.4 Å². The Labute approximate surface area is 185 Å². The van der Waals surface area contributed by atoms with Gasteiger partial charge < -0.3 is 0 Å². The molecule has 0 saturated carbocycles. The summed E-state index contributed by atoms with van der Waals surface area (Å²) in [5.74, 6) is 1.92. The molecule has 1 aliphatic rings. The molecule has 3 N–H and O–H groups in total. The molecule has 0 aliphatic carbocycles. The Hall–Kier alpha value is -3.19. The van der Waals surface area contributed by atoms with Crippen LogP contribution in [0.5, 0.6) is 0 Å². The van der Waals surface area contributed by atoms with Crippen molar-refractivity contribution < 1.29 is 0 Å². The first-order chi connectivity index (χ1) is 15.2. The van der Waals surface area contributed by atoms with Crippen molar-refractivity contribution in [3.8, 4) is 0 Å².